The van der Waals surface area contributed by atoms with Crippen LogP contribution in [0.4, 0.5) is 10.5 Å². The fourth-order valence-corrected chi connectivity index (χ4v) is 2.70. The van der Waals surface area contributed by atoms with Gasteiger partial charge in [0.05, 0.1) is 6.61 Å². The summed E-state index contributed by atoms with van der Waals surface area (Å²) in [5, 5.41) is 2.93. The predicted octanol–water partition coefficient (Wildman–Crippen LogP) is 4.15. The van der Waals surface area contributed by atoms with Gasteiger partial charge in [-0.1, -0.05) is 13.3 Å². The highest BCUT2D eigenvalue weighted by molar-refractivity contribution is 5.89. The second-order valence-corrected chi connectivity index (χ2v) is 6.42. The van der Waals surface area contributed by atoms with E-state index in [0.29, 0.717) is 5.92 Å². The Morgan fingerprint density at radius 2 is 2.00 bits per heavy atom. The summed E-state index contributed by atoms with van der Waals surface area (Å²) in [5.41, 5.74) is 0.792. The molecule has 2 amide bonds. The maximum absolute atomic E-state index is 12.2. The molecule has 1 saturated heterocycles. The smallest absolute Gasteiger partial charge is 0.321 e. The molecular weight excluding hydrogens is 304 g/mol. The Kier molecular flexibility index (Phi) is 7.89. The average molecular weight is 334 g/mol. The van der Waals surface area contributed by atoms with Crippen molar-refractivity contribution in [2.24, 2.45) is 5.92 Å². The van der Waals surface area contributed by atoms with Crippen molar-refractivity contribution in [2.75, 3.05) is 38.7 Å². The molecule has 2 rings (SSSR count). The molecule has 24 heavy (non-hydrogen) atoms. The molecule has 0 radical (unpaired) electrons. The summed E-state index contributed by atoms with van der Waals surface area (Å²) in [4.78, 5) is 14.0. The molecule has 0 atom stereocenters. The normalized spacial score (nSPS) is 15.1. The Bertz CT molecular complexity index is 484. The number of carbonyl (C=O) groups excluding carboxylic acids is 1. The highest BCUT2D eigenvalue weighted by Gasteiger charge is 2.16. The van der Waals surface area contributed by atoms with Crippen LogP contribution in [0, 0.1) is 5.92 Å². The van der Waals surface area contributed by atoms with Crippen molar-refractivity contribution in [2.45, 2.75) is 39.0 Å². The topological polar surface area (TPSA) is 50.8 Å². The number of hydrogen-bond acceptors (Lipinski definition) is 3. The van der Waals surface area contributed by atoms with Gasteiger partial charge in [-0.2, -0.15) is 0 Å². The summed E-state index contributed by atoms with van der Waals surface area (Å²) in [7, 11) is 1.84. The largest absolute Gasteiger partial charge is 0.494 e. The molecule has 0 aromatic heterocycles. The number of amides is 2. The molecule has 1 aliphatic heterocycles. The number of ether oxygens (including phenoxy) is 2. The highest BCUT2D eigenvalue weighted by Crippen LogP contribution is 2.19. The molecule has 1 aromatic carbocycles. The Balaban J connectivity index is 1.72. The van der Waals surface area contributed by atoms with Crippen LogP contribution in [-0.2, 0) is 4.74 Å². The number of anilines is 1. The third-order valence-electron chi connectivity index (χ3n) is 4.43. The van der Waals surface area contributed by atoms with E-state index in [1.807, 2.05) is 31.3 Å². The minimum Gasteiger partial charge on any atom is -0.494 e. The van der Waals surface area contributed by atoms with E-state index in [-0.39, 0.29) is 6.03 Å². The summed E-state index contributed by atoms with van der Waals surface area (Å²) in [6.07, 6.45) is 5.42. The quantitative estimate of drug-likeness (QED) is 0.727. The Morgan fingerprint density at radius 3 is 2.67 bits per heavy atom. The van der Waals surface area contributed by atoms with Crippen LogP contribution in [0.1, 0.15) is 39.0 Å². The summed E-state index contributed by atoms with van der Waals surface area (Å²) in [6.45, 7) is 5.35. The van der Waals surface area contributed by atoms with E-state index >= 15 is 0 Å². The Hall–Kier alpha value is -1.75. The van der Waals surface area contributed by atoms with Gasteiger partial charge in [-0.3, -0.25) is 0 Å². The first-order valence-corrected chi connectivity index (χ1v) is 9.01. The maximum Gasteiger partial charge on any atom is 0.321 e. The van der Waals surface area contributed by atoms with E-state index in [0.717, 1.165) is 69.9 Å². The summed E-state index contributed by atoms with van der Waals surface area (Å²) >= 11 is 0. The van der Waals surface area contributed by atoms with E-state index in [1.54, 1.807) is 4.90 Å². The SMILES string of the molecule is CCCCOc1ccc(NC(=O)N(C)CCC2CCOCC2)cc1. The van der Waals surface area contributed by atoms with Crippen molar-refractivity contribution in [3.05, 3.63) is 24.3 Å². The van der Waals surface area contributed by atoms with Crippen molar-refractivity contribution in [1.29, 1.82) is 0 Å². The number of urea groups is 1. The number of unbranched alkanes of at least 4 members (excludes halogenated alkanes) is 1. The minimum absolute atomic E-state index is 0.0679. The number of rotatable bonds is 8. The van der Waals surface area contributed by atoms with Crippen LogP contribution in [0.5, 0.6) is 5.75 Å². The van der Waals surface area contributed by atoms with E-state index in [1.165, 1.54) is 0 Å². The molecule has 0 saturated carbocycles. The third kappa shape index (κ3) is 6.40. The number of benzene rings is 1. The van der Waals surface area contributed by atoms with Crippen molar-refractivity contribution in [3.63, 3.8) is 0 Å². The molecule has 0 unspecified atom stereocenters. The average Bonchev–Trinajstić information content (AvgIpc) is 2.62. The van der Waals surface area contributed by atoms with Gasteiger partial charge in [0.25, 0.3) is 0 Å². The third-order valence-corrected chi connectivity index (χ3v) is 4.43. The molecule has 1 heterocycles. The van der Waals surface area contributed by atoms with Gasteiger partial charge >= 0.3 is 6.03 Å². The Morgan fingerprint density at radius 1 is 1.29 bits per heavy atom. The highest BCUT2D eigenvalue weighted by atomic mass is 16.5. The van der Waals surface area contributed by atoms with E-state index in [9.17, 15) is 4.79 Å². The van der Waals surface area contributed by atoms with Gasteiger partial charge in [0.2, 0.25) is 0 Å². The minimum atomic E-state index is -0.0679. The van der Waals surface area contributed by atoms with Gasteiger partial charge in [0.1, 0.15) is 5.75 Å². The van der Waals surface area contributed by atoms with Crippen LogP contribution in [0.3, 0.4) is 0 Å². The van der Waals surface area contributed by atoms with E-state index in [2.05, 4.69) is 12.2 Å². The second-order valence-electron chi connectivity index (χ2n) is 6.42. The number of hydrogen-bond donors (Lipinski definition) is 1. The van der Waals surface area contributed by atoms with Gasteiger partial charge in [-0.05, 0) is 55.9 Å². The first-order chi connectivity index (χ1) is 11.7. The molecule has 0 spiro atoms. The maximum atomic E-state index is 12.2. The van der Waals surface area contributed by atoms with Crippen LogP contribution in [-0.4, -0.2) is 44.3 Å². The molecule has 1 aliphatic rings. The molecule has 1 N–H and O–H groups in total. The van der Waals surface area contributed by atoms with Crippen molar-refractivity contribution in [3.8, 4) is 5.75 Å². The fraction of sp³-hybridized carbons (Fsp3) is 0.632. The molecule has 134 valence electrons. The molecular formula is C19H30N2O3. The van der Waals surface area contributed by atoms with Crippen LogP contribution in [0.15, 0.2) is 24.3 Å². The summed E-state index contributed by atoms with van der Waals surface area (Å²) < 4.78 is 11.0. The van der Waals surface area contributed by atoms with Crippen LogP contribution in [0.25, 0.3) is 0 Å². The monoisotopic (exact) mass is 334 g/mol. The van der Waals surface area contributed by atoms with Gasteiger partial charge in [0, 0.05) is 32.5 Å². The molecule has 0 aliphatic carbocycles. The van der Waals surface area contributed by atoms with E-state index < -0.39 is 0 Å². The number of nitrogens with zero attached hydrogens (tertiary/aromatic N) is 1. The summed E-state index contributed by atoms with van der Waals surface area (Å²) in [5.74, 6) is 1.52. The number of carbonyl (C=O) groups is 1. The lowest BCUT2D eigenvalue weighted by Gasteiger charge is -2.25. The summed E-state index contributed by atoms with van der Waals surface area (Å²) in [6, 6.07) is 7.49. The molecule has 1 aromatic rings. The van der Waals surface area contributed by atoms with E-state index in [4.69, 9.17) is 9.47 Å². The molecule has 5 nitrogen and oxygen atoms in total. The predicted molar refractivity (Wildman–Crippen MR) is 96.7 cm³/mol. The first-order valence-electron chi connectivity index (χ1n) is 9.01. The molecule has 5 heteroatoms. The standard InChI is InChI=1S/C19H30N2O3/c1-3-4-13-24-18-7-5-17(6-8-18)20-19(22)21(2)12-9-16-10-14-23-15-11-16/h5-8,16H,3-4,9-15H2,1-2H3,(H,20,22). The second kappa shape index (κ2) is 10.2. The zero-order chi connectivity index (χ0) is 17.2. The fourth-order valence-electron chi connectivity index (χ4n) is 2.70. The van der Waals surface area contributed by atoms with Gasteiger partial charge in [-0.25, -0.2) is 4.79 Å². The van der Waals surface area contributed by atoms with Crippen LogP contribution in [0.2, 0.25) is 0 Å². The van der Waals surface area contributed by atoms with Crippen molar-refractivity contribution < 1.29 is 14.3 Å². The Labute approximate surface area is 145 Å². The van der Waals surface area contributed by atoms with Gasteiger partial charge < -0.3 is 19.7 Å². The lowest BCUT2D eigenvalue weighted by atomic mass is 9.96. The van der Waals surface area contributed by atoms with Gasteiger partial charge in [-0.15, -0.1) is 0 Å². The molecule has 0 bridgehead atoms. The van der Waals surface area contributed by atoms with Crippen molar-refractivity contribution >= 4 is 11.7 Å². The molecule has 1 fully saturated rings. The van der Waals surface area contributed by atoms with Crippen molar-refractivity contribution in [1.82, 2.24) is 4.90 Å². The zero-order valence-electron chi connectivity index (χ0n) is 14.9. The lowest BCUT2D eigenvalue weighted by molar-refractivity contribution is 0.0621. The first kappa shape index (κ1) is 18.6. The van der Waals surface area contributed by atoms with Crippen LogP contribution < -0.4 is 10.1 Å². The zero-order valence-corrected chi connectivity index (χ0v) is 14.9. The van der Waals surface area contributed by atoms with Gasteiger partial charge in [0.15, 0.2) is 0 Å². The lowest BCUT2D eigenvalue weighted by Crippen LogP contribution is -2.33. The number of nitrogens with one attached hydrogen (secondary N) is 1. The van der Waals surface area contributed by atoms with Crippen LogP contribution >= 0.6 is 0 Å².